The molecule has 2 unspecified atom stereocenters. The number of methoxy groups -OCH3 is 1. The minimum atomic E-state index is -0.581. The van der Waals surface area contributed by atoms with Crippen molar-refractivity contribution in [3.05, 3.63) is 35.9 Å². The quantitative estimate of drug-likeness (QED) is 0.857. The van der Waals surface area contributed by atoms with Crippen LogP contribution in [0, 0.1) is 0 Å². The highest BCUT2D eigenvalue weighted by atomic mass is 16.5. The van der Waals surface area contributed by atoms with Gasteiger partial charge in [0, 0.05) is 12.0 Å². The lowest BCUT2D eigenvalue weighted by molar-refractivity contribution is -0.151. The van der Waals surface area contributed by atoms with E-state index in [-0.39, 0.29) is 17.9 Å². The largest absolute Gasteiger partial charge is 0.468 e. The Bertz CT molecular complexity index is 444. The number of carbonyl (C=O) groups is 1. The van der Waals surface area contributed by atoms with Crippen LogP contribution < -0.4 is 5.32 Å². The van der Waals surface area contributed by atoms with Gasteiger partial charge < -0.3 is 4.74 Å². The summed E-state index contributed by atoms with van der Waals surface area (Å²) in [5, 5.41) is 3.52. The van der Waals surface area contributed by atoms with E-state index >= 15 is 0 Å². The normalized spacial score (nSPS) is 26.5. The van der Waals surface area contributed by atoms with Gasteiger partial charge in [0.25, 0.3) is 0 Å². The van der Waals surface area contributed by atoms with Crippen LogP contribution in [0.15, 0.2) is 30.3 Å². The summed E-state index contributed by atoms with van der Waals surface area (Å²) in [6.07, 6.45) is 4.10. The van der Waals surface area contributed by atoms with Gasteiger partial charge >= 0.3 is 5.97 Å². The van der Waals surface area contributed by atoms with Crippen LogP contribution in [-0.4, -0.2) is 24.7 Å². The Morgan fingerprint density at radius 1 is 1.30 bits per heavy atom. The number of hydrogen-bond acceptors (Lipinski definition) is 3. The van der Waals surface area contributed by atoms with Gasteiger partial charge in [0.1, 0.15) is 5.54 Å². The van der Waals surface area contributed by atoms with Crippen molar-refractivity contribution in [1.82, 2.24) is 5.32 Å². The number of rotatable bonds is 4. The van der Waals surface area contributed by atoms with Crippen LogP contribution in [-0.2, 0) is 9.53 Å². The molecule has 2 atom stereocenters. The van der Waals surface area contributed by atoms with Gasteiger partial charge in [-0.1, -0.05) is 43.2 Å². The molecule has 1 aliphatic rings. The smallest absolute Gasteiger partial charge is 0.326 e. The molecule has 0 amide bonds. The summed E-state index contributed by atoms with van der Waals surface area (Å²) < 4.78 is 5.14. The first kappa shape index (κ1) is 15.0. The zero-order chi connectivity index (χ0) is 14.6. The van der Waals surface area contributed by atoms with E-state index in [0.29, 0.717) is 0 Å². The minimum absolute atomic E-state index is 0.125. The zero-order valence-electron chi connectivity index (χ0n) is 12.7. The SMILES string of the molecule is COC(=O)C1(NC(C)C)CCCCC1c1ccccc1. The van der Waals surface area contributed by atoms with Gasteiger partial charge in [-0.2, -0.15) is 0 Å². The fourth-order valence-corrected chi connectivity index (χ4v) is 3.48. The van der Waals surface area contributed by atoms with Crippen LogP contribution in [0.25, 0.3) is 0 Å². The van der Waals surface area contributed by atoms with Crippen LogP contribution in [0.5, 0.6) is 0 Å². The summed E-state index contributed by atoms with van der Waals surface area (Å²) in [4.78, 5) is 12.5. The lowest BCUT2D eigenvalue weighted by Crippen LogP contribution is -2.60. The van der Waals surface area contributed by atoms with E-state index in [0.717, 1.165) is 25.7 Å². The Balaban J connectivity index is 2.41. The van der Waals surface area contributed by atoms with Crippen LogP contribution in [0.4, 0.5) is 0 Å². The van der Waals surface area contributed by atoms with Crippen molar-refractivity contribution in [3.63, 3.8) is 0 Å². The highest BCUT2D eigenvalue weighted by Gasteiger charge is 2.48. The molecule has 110 valence electrons. The maximum absolute atomic E-state index is 12.5. The summed E-state index contributed by atoms with van der Waals surface area (Å²) in [5.41, 5.74) is 0.647. The maximum atomic E-state index is 12.5. The van der Waals surface area contributed by atoms with Gasteiger partial charge in [0.2, 0.25) is 0 Å². The molecule has 3 heteroatoms. The molecule has 0 aliphatic heterocycles. The number of nitrogens with one attached hydrogen (secondary N) is 1. The lowest BCUT2D eigenvalue weighted by Gasteiger charge is -2.44. The second-order valence-corrected chi connectivity index (χ2v) is 5.97. The standard InChI is InChI=1S/C17H25NO2/c1-13(2)18-17(16(19)20-3)12-8-7-11-15(17)14-9-5-4-6-10-14/h4-6,9-10,13,15,18H,7-8,11-12H2,1-3H3. The van der Waals surface area contributed by atoms with E-state index in [9.17, 15) is 4.79 Å². The van der Waals surface area contributed by atoms with E-state index in [1.165, 1.54) is 12.7 Å². The molecule has 0 radical (unpaired) electrons. The van der Waals surface area contributed by atoms with E-state index in [1.807, 2.05) is 18.2 Å². The summed E-state index contributed by atoms with van der Waals surface area (Å²) in [6.45, 7) is 4.17. The summed E-state index contributed by atoms with van der Waals surface area (Å²) in [6, 6.07) is 10.6. The number of hydrogen-bond donors (Lipinski definition) is 1. The van der Waals surface area contributed by atoms with Crippen molar-refractivity contribution in [2.75, 3.05) is 7.11 Å². The molecule has 1 aliphatic carbocycles. The molecule has 0 spiro atoms. The number of carbonyl (C=O) groups excluding carboxylic acids is 1. The van der Waals surface area contributed by atoms with Crippen molar-refractivity contribution in [2.45, 2.75) is 57.0 Å². The predicted octanol–water partition coefficient (Wildman–Crippen LogP) is 3.25. The third-order valence-electron chi connectivity index (χ3n) is 4.21. The van der Waals surface area contributed by atoms with Crippen LogP contribution in [0.1, 0.15) is 51.0 Å². The minimum Gasteiger partial charge on any atom is -0.468 e. The lowest BCUT2D eigenvalue weighted by atomic mass is 9.69. The Kier molecular flexibility index (Phi) is 4.81. The molecule has 0 heterocycles. The van der Waals surface area contributed by atoms with Gasteiger partial charge in [-0.3, -0.25) is 10.1 Å². The van der Waals surface area contributed by atoms with E-state index in [1.54, 1.807) is 0 Å². The van der Waals surface area contributed by atoms with E-state index < -0.39 is 5.54 Å². The number of ether oxygens (including phenoxy) is 1. The first-order valence-corrected chi connectivity index (χ1v) is 7.51. The first-order chi connectivity index (χ1) is 9.60. The van der Waals surface area contributed by atoms with Gasteiger partial charge in [-0.25, -0.2) is 0 Å². The van der Waals surface area contributed by atoms with Crippen molar-refractivity contribution in [2.24, 2.45) is 0 Å². The average Bonchev–Trinajstić information content (AvgIpc) is 2.47. The Morgan fingerprint density at radius 3 is 2.60 bits per heavy atom. The molecule has 1 aromatic carbocycles. The predicted molar refractivity (Wildman–Crippen MR) is 80.7 cm³/mol. The molecule has 20 heavy (non-hydrogen) atoms. The van der Waals surface area contributed by atoms with E-state index in [2.05, 4.69) is 31.3 Å². The number of esters is 1. The summed E-state index contributed by atoms with van der Waals surface area (Å²) >= 11 is 0. The van der Waals surface area contributed by atoms with Gasteiger partial charge in [0.05, 0.1) is 7.11 Å². The summed E-state index contributed by atoms with van der Waals surface area (Å²) in [7, 11) is 1.49. The molecule has 1 aromatic rings. The van der Waals surface area contributed by atoms with Crippen LogP contribution in [0.2, 0.25) is 0 Å². The van der Waals surface area contributed by atoms with Crippen molar-refractivity contribution in [1.29, 1.82) is 0 Å². The number of benzene rings is 1. The summed E-state index contributed by atoms with van der Waals surface area (Å²) in [5.74, 6) is 0.0621. The Hall–Kier alpha value is -1.35. The first-order valence-electron chi connectivity index (χ1n) is 7.51. The van der Waals surface area contributed by atoms with Crippen molar-refractivity contribution in [3.8, 4) is 0 Å². The fraction of sp³-hybridized carbons (Fsp3) is 0.588. The van der Waals surface area contributed by atoms with E-state index in [4.69, 9.17) is 4.74 Å². The van der Waals surface area contributed by atoms with Crippen molar-refractivity contribution >= 4 is 5.97 Å². The Morgan fingerprint density at radius 2 is 2.00 bits per heavy atom. The highest BCUT2D eigenvalue weighted by Crippen LogP contribution is 2.42. The Labute approximate surface area is 121 Å². The third kappa shape index (κ3) is 2.88. The monoisotopic (exact) mass is 275 g/mol. The topological polar surface area (TPSA) is 38.3 Å². The third-order valence-corrected chi connectivity index (χ3v) is 4.21. The fourth-order valence-electron chi connectivity index (χ4n) is 3.48. The van der Waals surface area contributed by atoms with Crippen LogP contribution in [0.3, 0.4) is 0 Å². The van der Waals surface area contributed by atoms with Crippen LogP contribution >= 0.6 is 0 Å². The van der Waals surface area contributed by atoms with Gasteiger partial charge in [-0.05, 0) is 32.3 Å². The molecule has 3 nitrogen and oxygen atoms in total. The molecule has 1 N–H and O–H groups in total. The highest BCUT2D eigenvalue weighted by molar-refractivity contribution is 5.82. The molecule has 2 rings (SSSR count). The molecular weight excluding hydrogens is 250 g/mol. The van der Waals surface area contributed by atoms with Crippen molar-refractivity contribution < 1.29 is 9.53 Å². The molecule has 1 saturated carbocycles. The molecule has 0 saturated heterocycles. The second kappa shape index (κ2) is 6.40. The van der Waals surface area contributed by atoms with Gasteiger partial charge in [0.15, 0.2) is 0 Å². The average molecular weight is 275 g/mol. The molecule has 1 fully saturated rings. The maximum Gasteiger partial charge on any atom is 0.326 e. The molecular formula is C17H25NO2. The van der Waals surface area contributed by atoms with Gasteiger partial charge in [-0.15, -0.1) is 0 Å². The molecule has 0 bridgehead atoms. The second-order valence-electron chi connectivity index (χ2n) is 5.97. The zero-order valence-corrected chi connectivity index (χ0v) is 12.7. The molecule has 0 aromatic heterocycles.